The molecule has 4 aliphatic heterocycles. The van der Waals surface area contributed by atoms with Crippen molar-refractivity contribution in [3.8, 4) is 66.8 Å². The molecule has 0 bridgehead atoms. The van der Waals surface area contributed by atoms with Gasteiger partial charge >= 0.3 is 0 Å². The molecule has 130 heavy (non-hydrogen) atoms. The molecule has 23 rings (SSSR count). The third-order valence-corrected chi connectivity index (χ3v) is 27.6. The van der Waals surface area contributed by atoms with Crippen LogP contribution in [-0.2, 0) is 0 Å². The lowest BCUT2D eigenvalue weighted by Crippen LogP contribution is -2.65. The molecule has 0 aromatic heterocycles. The lowest BCUT2D eigenvalue weighted by Gasteiger charge is -2.48. The van der Waals surface area contributed by atoms with Gasteiger partial charge in [0.15, 0.2) is 0 Å². The van der Waals surface area contributed by atoms with Crippen LogP contribution in [0.1, 0.15) is 44.5 Å². The summed E-state index contributed by atoms with van der Waals surface area (Å²) in [6, 6.07) is 161. The monoisotopic (exact) mass is 1660 g/mol. The van der Waals surface area contributed by atoms with Gasteiger partial charge in [0, 0.05) is 96.4 Å². The predicted octanol–water partition coefficient (Wildman–Crippen LogP) is 29.3. The van der Waals surface area contributed by atoms with Gasteiger partial charge < -0.3 is 29.4 Å². The van der Waals surface area contributed by atoms with E-state index in [2.05, 4.69) is 509 Å². The van der Waals surface area contributed by atoms with Gasteiger partial charge in [0.05, 0.1) is 17.1 Å². The fourth-order valence-corrected chi connectivity index (χ4v) is 22.0. The Hall–Kier alpha value is -15.9. The van der Waals surface area contributed by atoms with E-state index in [1.807, 2.05) is 0 Å². The largest absolute Gasteiger partial charge is 0.311 e. The van der Waals surface area contributed by atoms with Crippen molar-refractivity contribution in [1.29, 1.82) is 0 Å². The second-order valence-electron chi connectivity index (χ2n) is 35.5. The van der Waals surface area contributed by atoms with Crippen LogP contribution in [0.25, 0.3) is 66.8 Å². The number of hydrogen-bond acceptors (Lipinski definition) is 6. The molecule has 0 amide bonds. The summed E-state index contributed by atoms with van der Waals surface area (Å²) in [4.78, 5) is 15.5. The number of aryl methyl sites for hydroxylation is 8. The maximum Gasteiger partial charge on any atom is 0.252 e. The molecule has 19 aromatic rings. The van der Waals surface area contributed by atoms with Gasteiger partial charge in [-0.05, 0) is 316 Å². The van der Waals surface area contributed by atoms with Gasteiger partial charge in [0.25, 0.3) is 13.4 Å². The zero-order chi connectivity index (χ0) is 87.5. The maximum absolute atomic E-state index is 2.72. The lowest BCUT2D eigenvalue weighted by molar-refractivity contribution is 1.21. The van der Waals surface area contributed by atoms with Crippen molar-refractivity contribution < 1.29 is 0 Å². The molecule has 19 aromatic carbocycles. The quantitative estimate of drug-likeness (QED) is 0.0892. The Morgan fingerprint density at radius 3 is 0.738 bits per heavy atom. The number of anilines is 18. The van der Waals surface area contributed by atoms with E-state index in [1.54, 1.807) is 0 Å². The first kappa shape index (κ1) is 78.8. The molecule has 8 heteroatoms. The summed E-state index contributed by atoms with van der Waals surface area (Å²) in [5.41, 5.74) is 50.7. The molecule has 6 nitrogen and oxygen atoms in total. The number of para-hydroxylation sites is 6. The van der Waals surface area contributed by atoms with Crippen LogP contribution in [0.15, 0.2) is 425 Å². The van der Waals surface area contributed by atoms with E-state index < -0.39 is 0 Å². The van der Waals surface area contributed by atoms with Crippen LogP contribution in [0.4, 0.5) is 102 Å². The fourth-order valence-electron chi connectivity index (χ4n) is 22.0. The van der Waals surface area contributed by atoms with Crippen molar-refractivity contribution in [1.82, 2.24) is 0 Å². The second kappa shape index (κ2) is 32.2. The van der Waals surface area contributed by atoms with Crippen LogP contribution in [0.5, 0.6) is 0 Å². The Morgan fingerprint density at radius 2 is 0.431 bits per heavy atom. The summed E-state index contributed by atoms with van der Waals surface area (Å²) in [7, 11) is 0. The molecule has 4 heterocycles. The molecule has 0 N–H and O–H groups in total. The second-order valence-corrected chi connectivity index (χ2v) is 35.5. The van der Waals surface area contributed by atoms with E-state index in [4.69, 9.17) is 0 Å². The van der Waals surface area contributed by atoms with Crippen LogP contribution in [-0.4, -0.2) is 13.4 Å². The Morgan fingerprint density at radius 1 is 0.177 bits per heavy atom. The third-order valence-electron chi connectivity index (χ3n) is 27.6. The van der Waals surface area contributed by atoms with Crippen LogP contribution < -0.4 is 62.2 Å². The SMILES string of the molecule is Cc1cccc(C)c1-c1ccc(N(c2ccc(-c3c(C)cccc3C)cc2)c2cc3c4c(c2)N(c2ccccc2)c2cc5c(cc2B4c2ccccc2N3c2ccccc2)B2c3ccccc3N(c3ccccc3)c3cc(N(c4ccc(-c6c(C)cccc6C)cc4)c4ccc(-c6c(C)cccc6C)cc4)cc(c32)N5c2c(-c3ccccc3)cccc2-c2ccccc2)cc1. The number of benzene rings is 19. The third kappa shape index (κ3) is 13.2. The smallest absolute Gasteiger partial charge is 0.252 e. The zero-order valence-corrected chi connectivity index (χ0v) is 74.3. The van der Waals surface area contributed by atoms with Gasteiger partial charge in [-0.2, -0.15) is 0 Å². The Kier molecular flexibility index (Phi) is 19.5. The van der Waals surface area contributed by atoms with E-state index in [0.717, 1.165) is 125 Å². The molecule has 0 saturated carbocycles. The summed E-state index contributed by atoms with van der Waals surface area (Å²) in [5, 5.41) is 0. The molecule has 0 atom stereocenters. The van der Waals surface area contributed by atoms with Crippen molar-refractivity contribution in [3.05, 3.63) is 469 Å². The molecular weight excluding hydrogens is 1570 g/mol. The predicted molar refractivity (Wildman–Crippen MR) is 554 cm³/mol. The highest BCUT2D eigenvalue weighted by atomic mass is 15.2. The molecule has 4 aliphatic rings. The molecule has 0 fully saturated rings. The van der Waals surface area contributed by atoms with Gasteiger partial charge in [0.1, 0.15) is 0 Å². The normalized spacial score (nSPS) is 12.5. The molecule has 618 valence electrons. The summed E-state index contributed by atoms with van der Waals surface area (Å²) < 4.78 is 0. The summed E-state index contributed by atoms with van der Waals surface area (Å²) in [5.74, 6) is 0. The van der Waals surface area contributed by atoms with E-state index in [0.29, 0.717) is 0 Å². The Balaban J connectivity index is 0.836. The van der Waals surface area contributed by atoms with Crippen molar-refractivity contribution in [2.45, 2.75) is 55.4 Å². The first-order valence-electron chi connectivity index (χ1n) is 45.4. The topological polar surface area (TPSA) is 19.4 Å². The first-order valence-corrected chi connectivity index (χ1v) is 45.4. The fraction of sp³-hybridized carbons (Fsp3) is 0.0656. The van der Waals surface area contributed by atoms with Crippen molar-refractivity contribution in [2.24, 2.45) is 0 Å². The first-order chi connectivity index (χ1) is 63.8. The summed E-state index contributed by atoms with van der Waals surface area (Å²) in [6.07, 6.45) is 0. The van der Waals surface area contributed by atoms with Gasteiger partial charge in [-0.25, -0.2) is 0 Å². The highest BCUT2D eigenvalue weighted by Crippen LogP contribution is 2.56. The Labute approximate surface area is 764 Å². The minimum atomic E-state index is -0.304. The average molecular weight is 1670 g/mol. The van der Waals surface area contributed by atoms with E-state index in [9.17, 15) is 0 Å². The molecule has 0 radical (unpaired) electrons. The summed E-state index contributed by atoms with van der Waals surface area (Å²) in [6.45, 7) is 17.3. The van der Waals surface area contributed by atoms with Crippen molar-refractivity contribution in [3.63, 3.8) is 0 Å². The van der Waals surface area contributed by atoms with Gasteiger partial charge in [0.2, 0.25) is 0 Å². The van der Waals surface area contributed by atoms with Crippen LogP contribution in [0.2, 0.25) is 0 Å². The van der Waals surface area contributed by atoms with Crippen LogP contribution in [0.3, 0.4) is 0 Å². The average Bonchev–Trinajstić information content (AvgIpc) is 0.678. The minimum absolute atomic E-state index is 0.277. The maximum atomic E-state index is 2.72. The highest BCUT2D eigenvalue weighted by Gasteiger charge is 2.50. The standard InChI is InChI=1S/C122H94B2N6/c1-79-33-28-34-80(2)116(79)89-57-65-96(66-58-89)125(97-67-59-90(60-68-97)117-81(3)35-29-36-82(117)4)100-73-112-120-114(75-100)129(95-49-22-13-23-50-95)110-78-111-107(77-106(110)123(120)104-53-24-26-55-108(104)127(112)93-45-18-11-19-46-93)124-105-54-25-27-56-109(105)128(94-47-20-12-21-48-94)113-74-101(76-115(121(113)124)130(111)122-102(87-41-14-9-15-42-87)51-32-52-103(122)88-43-16-10-17-44-88)126(98-69-61-91(62-70-98)118-83(5)37-30-38-84(118)6)99-71-63-92(64-72-99)119-85(7)39-31-40-86(119)8/h9-78H,1-8H3. The van der Waals surface area contributed by atoms with Crippen molar-refractivity contribution >= 4 is 149 Å². The number of nitrogens with zero attached hydrogens (tertiary/aromatic N) is 6. The number of rotatable bonds is 16. The van der Waals surface area contributed by atoms with E-state index in [-0.39, 0.29) is 13.4 Å². The zero-order valence-electron chi connectivity index (χ0n) is 74.3. The summed E-state index contributed by atoms with van der Waals surface area (Å²) >= 11 is 0. The number of fused-ring (bicyclic) bond motifs is 8. The van der Waals surface area contributed by atoms with Gasteiger partial charge in [-0.3, -0.25) is 0 Å². The molecule has 0 spiro atoms. The van der Waals surface area contributed by atoms with Gasteiger partial charge in [-0.15, -0.1) is 0 Å². The molecular formula is C122H94B2N6. The molecule has 0 unspecified atom stereocenters. The van der Waals surface area contributed by atoms with Crippen LogP contribution >= 0.6 is 0 Å². The molecule has 0 aliphatic carbocycles. The van der Waals surface area contributed by atoms with Gasteiger partial charge in [-0.1, -0.05) is 297 Å². The number of hydrogen-bond donors (Lipinski definition) is 0. The van der Waals surface area contributed by atoms with Crippen LogP contribution in [0, 0.1) is 55.4 Å². The van der Waals surface area contributed by atoms with E-state index >= 15 is 0 Å². The minimum Gasteiger partial charge on any atom is -0.311 e. The highest BCUT2D eigenvalue weighted by molar-refractivity contribution is 7.03. The molecule has 0 saturated heterocycles. The lowest BCUT2D eigenvalue weighted by atomic mass is 9.30. The van der Waals surface area contributed by atoms with Crippen molar-refractivity contribution in [2.75, 3.05) is 29.4 Å². The Bertz CT molecular complexity index is 7300. The van der Waals surface area contributed by atoms with E-state index in [1.165, 1.54) is 122 Å².